The van der Waals surface area contributed by atoms with Gasteiger partial charge in [-0.1, -0.05) is 13.0 Å². The maximum Gasteiger partial charge on any atom is 0.227 e. The molecule has 0 bridgehead atoms. The quantitative estimate of drug-likeness (QED) is 0.880. The van der Waals surface area contributed by atoms with Gasteiger partial charge in [-0.05, 0) is 44.2 Å². The first kappa shape index (κ1) is 13.6. The highest BCUT2D eigenvalue weighted by atomic mass is 32.1. The fraction of sp³-hybridized carbons (Fsp3) is 0.643. The van der Waals surface area contributed by atoms with Gasteiger partial charge < -0.3 is 10.6 Å². The number of thiophene rings is 1. The molecular weight excluding hydrogens is 244 g/mol. The normalized spacial score (nSPS) is 25.7. The van der Waals surface area contributed by atoms with E-state index in [1.54, 1.807) is 11.3 Å². The molecule has 2 heterocycles. The third-order valence-corrected chi connectivity index (χ3v) is 4.73. The minimum absolute atomic E-state index is 0.163. The van der Waals surface area contributed by atoms with Gasteiger partial charge in [0, 0.05) is 11.4 Å². The second-order valence-corrected chi connectivity index (χ2v) is 6.27. The summed E-state index contributed by atoms with van der Waals surface area (Å²) in [4.78, 5) is 13.7. The van der Waals surface area contributed by atoms with Gasteiger partial charge in [-0.2, -0.15) is 0 Å². The van der Waals surface area contributed by atoms with Crippen molar-refractivity contribution in [2.75, 3.05) is 13.1 Å². The Morgan fingerprint density at radius 2 is 2.50 bits per heavy atom. The highest BCUT2D eigenvalue weighted by Gasteiger charge is 2.35. The van der Waals surface area contributed by atoms with Crippen LogP contribution in [-0.4, -0.2) is 19.0 Å². The Kier molecular flexibility index (Phi) is 4.40. The number of carbonyl (C=O) groups is 1. The van der Waals surface area contributed by atoms with Gasteiger partial charge in [0.1, 0.15) is 0 Å². The molecule has 2 unspecified atom stereocenters. The second-order valence-electron chi connectivity index (χ2n) is 5.29. The molecule has 1 aliphatic heterocycles. The number of rotatable bonds is 4. The maximum atomic E-state index is 12.4. The minimum Gasteiger partial charge on any atom is -0.348 e. The van der Waals surface area contributed by atoms with Gasteiger partial charge in [0.05, 0.1) is 11.5 Å². The SMILES string of the molecule is CCC(NC(=O)C1(C)CCCNC1)c1cccs1. The summed E-state index contributed by atoms with van der Waals surface area (Å²) in [5, 5.41) is 8.60. The van der Waals surface area contributed by atoms with E-state index < -0.39 is 0 Å². The first-order valence-corrected chi connectivity index (χ1v) is 7.59. The van der Waals surface area contributed by atoms with Gasteiger partial charge >= 0.3 is 0 Å². The van der Waals surface area contributed by atoms with Crippen LogP contribution in [0.4, 0.5) is 0 Å². The summed E-state index contributed by atoms with van der Waals surface area (Å²) < 4.78 is 0. The van der Waals surface area contributed by atoms with Crippen molar-refractivity contribution in [3.8, 4) is 0 Å². The number of hydrogen-bond donors (Lipinski definition) is 2. The van der Waals surface area contributed by atoms with Gasteiger partial charge in [-0.15, -0.1) is 11.3 Å². The van der Waals surface area contributed by atoms with E-state index in [0.717, 1.165) is 32.4 Å². The molecule has 1 aliphatic rings. The van der Waals surface area contributed by atoms with Crippen molar-refractivity contribution in [3.63, 3.8) is 0 Å². The van der Waals surface area contributed by atoms with Crippen LogP contribution >= 0.6 is 11.3 Å². The van der Waals surface area contributed by atoms with Crippen molar-refractivity contribution in [1.29, 1.82) is 0 Å². The molecule has 4 heteroatoms. The summed E-state index contributed by atoms with van der Waals surface area (Å²) >= 11 is 1.71. The van der Waals surface area contributed by atoms with Crippen molar-refractivity contribution in [2.45, 2.75) is 39.2 Å². The van der Waals surface area contributed by atoms with Crippen molar-refractivity contribution in [3.05, 3.63) is 22.4 Å². The standard InChI is InChI=1S/C14H22N2OS/c1-3-11(12-6-4-9-18-12)16-13(17)14(2)7-5-8-15-10-14/h4,6,9,11,15H,3,5,7-8,10H2,1-2H3,(H,16,17). The molecule has 18 heavy (non-hydrogen) atoms. The first-order chi connectivity index (χ1) is 8.65. The average molecular weight is 266 g/mol. The predicted octanol–water partition coefficient (Wildman–Crippen LogP) is 2.71. The highest BCUT2D eigenvalue weighted by Crippen LogP contribution is 2.28. The highest BCUT2D eigenvalue weighted by molar-refractivity contribution is 7.10. The number of piperidine rings is 1. The lowest BCUT2D eigenvalue weighted by Gasteiger charge is -2.34. The molecule has 0 radical (unpaired) electrons. The minimum atomic E-state index is -0.247. The third-order valence-electron chi connectivity index (χ3n) is 3.75. The molecule has 2 atom stereocenters. The molecule has 0 aliphatic carbocycles. The molecule has 0 spiro atoms. The largest absolute Gasteiger partial charge is 0.348 e. The Balaban J connectivity index is 2.01. The molecule has 3 nitrogen and oxygen atoms in total. The Labute approximate surface area is 113 Å². The Hall–Kier alpha value is -0.870. The first-order valence-electron chi connectivity index (χ1n) is 6.71. The summed E-state index contributed by atoms with van der Waals surface area (Å²) in [6.07, 6.45) is 3.00. The monoisotopic (exact) mass is 266 g/mol. The Morgan fingerprint density at radius 3 is 3.06 bits per heavy atom. The molecular formula is C14H22N2OS. The van der Waals surface area contributed by atoms with Crippen LogP contribution < -0.4 is 10.6 Å². The zero-order valence-electron chi connectivity index (χ0n) is 11.2. The molecule has 0 saturated carbocycles. The lowest BCUT2D eigenvalue weighted by molar-refractivity contribution is -0.131. The van der Waals surface area contributed by atoms with Crippen LogP contribution in [0.15, 0.2) is 17.5 Å². The van der Waals surface area contributed by atoms with E-state index in [1.807, 2.05) is 6.07 Å². The van der Waals surface area contributed by atoms with E-state index in [1.165, 1.54) is 4.88 Å². The fourth-order valence-electron chi connectivity index (χ4n) is 2.45. The lowest BCUT2D eigenvalue weighted by atomic mass is 9.81. The molecule has 0 aromatic carbocycles. The van der Waals surface area contributed by atoms with Gasteiger partial charge in [0.25, 0.3) is 0 Å². The van der Waals surface area contributed by atoms with E-state index in [2.05, 4.69) is 35.9 Å². The van der Waals surface area contributed by atoms with Crippen molar-refractivity contribution in [2.24, 2.45) is 5.41 Å². The van der Waals surface area contributed by atoms with Crippen LogP contribution in [0.3, 0.4) is 0 Å². The fourth-order valence-corrected chi connectivity index (χ4v) is 3.31. The summed E-state index contributed by atoms with van der Waals surface area (Å²) in [7, 11) is 0. The predicted molar refractivity (Wildman–Crippen MR) is 75.7 cm³/mol. The molecule has 1 saturated heterocycles. The lowest BCUT2D eigenvalue weighted by Crippen LogP contribution is -2.49. The summed E-state index contributed by atoms with van der Waals surface area (Å²) in [6, 6.07) is 4.30. The third kappa shape index (κ3) is 2.93. The van der Waals surface area contributed by atoms with Crippen LogP contribution in [0.2, 0.25) is 0 Å². The van der Waals surface area contributed by atoms with Crippen molar-refractivity contribution < 1.29 is 4.79 Å². The molecule has 2 N–H and O–H groups in total. The summed E-state index contributed by atoms with van der Waals surface area (Å²) in [5.74, 6) is 0.190. The van der Waals surface area contributed by atoms with Crippen molar-refractivity contribution >= 4 is 17.2 Å². The molecule has 2 rings (SSSR count). The van der Waals surface area contributed by atoms with E-state index in [0.29, 0.717) is 0 Å². The van der Waals surface area contributed by atoms with Gasteiger partial charge in [0.15, 0.2) is 0 Å². The zero-order valence-corrected chi connectivity index (χ0v) is 12.0. The van der Waals surface area contributed by atoms with Crippen molar-refractivity contribution in [1.82, 2.24) is 10.6 Å². The smallest absolute Gasteiger partial charge is 0.227 e. The summed E-state index contributed by atoms with van der Waals surface area (Å²) in [5.41, 5.74) is -0.247. The Bertz CT molecular complexity index is 383. The van der Waals surface area contributed by atoms with Gasteiger partial charge in [-0.3, -0.25) is 4.79 Å². The van der Waals surface area contributed by atoms with E-state index in [-0.39, 0.29) is 17.4 Å². The van der Waals surface area contributed by atoms with E-state index in [4.69, 9.17) is 0 Å². The number of nitrogens with one attached hydrogen (secondary N) is 2. The molecule has 100 valence electrons. The number of carbonyl (C=O) groups excluding carboxylic acids is 1. The van der Waals surface area contributed by atoms with Crippen LogP contribution in [-0.2, 0) is 4.79 Å². The average Bonchev–Trinajstić information content (AvgIpc) is 2.90. The Morgan fingerprint density at radius 1 is 1.67 bits per heavy atom. The van der Waals surface area contributed by atoms with Gasteiger partial charge in [-0.25, -0.2) is 0 Å². The van der Waals surface area contributed by atoms with Crippen LogP contribution in [0.5, 0.6) is 0 Å². The topological polar surface area (TPSA) is 41.1 Å². The maximum absolute atomic E-state index is 12.4. The molecule has 1 aromatic rings. The molecule has 1 fully saturated rings. The van der Waals surface area contributed by atoms with E-state index in [9.17, 15) is 4.79 Å². The second kappa shape index (κ2) is 5.85. The van der Waals surface area contributed by atoms with Gasteiger partial charge in [0.2, 0.25) is 5.91 Å². The summed E-state index contributed by atoms with van der Waals surface area (Å²) in [6.45, 7) is 6.01. The number of amides is 1. The number of hydrogen-bond acceptors (Lipinski definition) is 3. The van der Waals surface area contributed by atoms with Crippen LogP contribution in [0.25, 0.3) is 0 Å². The van der Waals surface area contributed by atoms with Crippen LogP contribution in [0, 0.1) is 5.41 Å². The molecule has 1 amide bonds. The van der Waals surface area contributed by atoms with Crippen LogP contribution in [0.1, 0.15) is 44.0 Å². The van der Waals surface area contributed by atoms with E-state index >= 15 is 0 Å². The zero-order chi connectivity index (χ0) is 13.0. The molecule has 1 aromatic heterocycles.